The van der Waals surface area contributed by atoms with Crippen molar-refractivity contribution in [1.82, 2.24) is 14.8 Å². The van der Waals surface area contributed by atoms with Gasteiger partial charge in [0.15, 0.2) is 0 Å². The molecule has 1 unspecified atom stereocenters. The molecule has 102 valence electrons. The van der Waals surface area contributed by atoms with E-state index in [1.165, 1.54) is 18.5 Å². The molecule has 0 saturated heterocycles. The van der Waals surface area contributed by atoms with Crippen LogP contribution in [0.4, 0.5) is 8.78 Å². The highest BCUT2D eigenvalue weighted by Gasteiger charge is 2.13. The van der Waals surface area contributed by atoms with Gasteiger partial charge in [0.1, 0.15) is 23.8 Å². The largest absolute Gasteiger partial charge is 0.324 e. The van der Waals surface area contributed by atoms with Crippen LogP contribution in [0.1, 0.15) is 30.8 Å². The summed E-state index contributed by atoms with van der Waals surface area (Å²) in [6.07, 6.45) is 2.78. The molecule has 0 radical (unpaired) electrons. The molecule has 0 saturated carbocycles. The SMILES string of the molecule is CCCn1ncnc1CC(N)c1cc(F)cc(F)c1. The zero-order chi connectivity index (χ0) is 13.8. The molecule has 1 atom stereocenters. The molecule has 2 aromatic rings. The maximum Gasteiger partial charge on any atom is 0.138 e. The van der Waals surface area contributed by atoms with E-state index >= 15 is 0 Å². The van der Waals surface area contributed by atoms with Crippen LogP contribution in [-0.2, 0) is 13.0 Å². The molecule has 0 amide bonds. The van der Waals surface area contributed by atoms with Gasteiger partial charge in [-0.25, -0.2) is 13.8 Å². The summed E-state index contributed by atoms with van der Waals surface area (Å²) in [5.41, 5.74) is 6.39. The predicted octanol–water partition coefficient (Wildman–Crippen LogP) is 2.21. The summed E-state index contributed by atoms with van der Waals surface area (Å²) < 4.78 is 28.0. The van der Waals surface area contributed by atoms with Crippen LogP contribution < -0.4 is 5.73 Å². The number of halogens is 2. The van der Waals surface area contributed by atoms with E-state index in [-0.39, 0.29) is 0 Å². The lowest BCUT2D eigenvalue weighted by molar-refractivity contribution is 0.541. The van der Waals surface area contributed by atoms with Crippen LogP contribution in [0, 0.1) is 11.6 Å². The Bertz CT molecular complexity index is 533. The zero-order valence-corrected chi connectivity index (χ0v) is 10.7. The van der Waals surface area contributed by atoms with Gasteiger partial charge in [-0.1, -0.05) is 6.92 Å². The van der Waals surface area contributed by atoms with Crippen molar-refractivity contribution in [3.05, 3.63) is 47.5 Å². The van der Waals surface area contributed by atoms with E-state index in [2.05, 4.69) is 10.1 Å². The van der Waals surface area contributed by atoms with Gasteiger partial charge in [0.05, 0.1) is 0 Å². The summed E-state index contributed by atoms with van der Waals surface area (Å²) in [7, 11) is 0. The Hall–Kier alpha value is -1.82. The lowest BCUT2D eigenvalue weighted by Crippen LogP contribution is -2.17. The van der Waals surface area contributed by atoms with E-state index in [1.807, 2.05) is 6.92 Å². The van der Waals surface area contributed by atoms with Crippen molar-refractivity contribution in [2.75, 3.05) is 0 Å². The van der Waals surface area contributed by atoms with Crippen molar-refractivity contribution in [3.63, 3.8) is 0 Å². The molecule has 1 aromatic heterocycles. The van der Waals surface area contributed by atoms with Gasteiger partial charge < -0.3 is 5.73 Å². The third-order valence-corrected chi connectivity index (χ3v) is 2.85. The average molecular weight is 266 g/mol. The average Bonchev–Trinajstić information content (AvgIpc) is 2.76. The van der Waals surface area contributed by atoms with Crippen molar-refractivity contribution in [2.45, 2.75) is 32.4 Å². The van der Waals surface area contributed by atoms with E-state index in [0.29, 0.717) is 12.0 Å². The molecule has 0 aliphatic rings. The van der Waals surface area contributed by atoms with Gasteiger partial charge in [0, 0.05) is 25.1 Å². The van der Waals surface area contributed by atoms with Crippen LogP contribution in [-0.4, -0.2) is 14.8 Å². The second-order valence-corrected chi connectivity index (χ2v) is 4.41. The van der Waals surface area contributed by atoms with Gasteiger partial charge in [-0.15, -0.1) is 0 Å². The fraction of sp³-hybridized carbons (Fsp3) is 0.385. The Balaban J connectivity index is 2.15. The highest BCUT2D eigenvalue weighted by molar-refractivity contribution is 5.22. The monoisotopic (exact) mass is 266 g/mol. The maximum atomic E-state index is 13.1. The van der Waals surface area contributed by atoms with Gasteiger partial charge in [-0.05, 0) is 24.1 Å². The van der Waals surface area contributed by atoms with Gasteiger partial charge in [0.2, 0.25) is 0 Å². The van der Waals surface area contributed by atoms with Crippen LogP contribution in [0.15, 0.2) is 24.5 Å². The van der Waals surface area contributed by atoms with Crippen molar-refractivity contribution in [1.29, 1.82) is 0 Å². The Morgan fingerprint density at radius 3 is 2.58 bits per heavy atom. The highest BCUT2D eigenvalue weighted by atomic mass is 19.1. The van der Waals surface area contributed by atoms with E-state index in [1.54, 1.807) is 4.68 Å². The standard InChI is InChI=1S/C13H16F2N4/c1-2-3-19-13(17-8-18-19)7-12(16)9-4-10(14)6-11(15)5-9/h4-6,8,12H,2-3,7,16H2,1H3. The number of benzene rings is 1. The molecule has 1 heterocycles. The Morgan fingerprint density at radius 2 is 1.95 bits per heavy atom. The zero-order valence-electron chi connectivity index (χ0n) is 10.7. The normalized spacial score (nSPS) is 12.6. The van der Waals surface area contributed by atoms with Gasteiger partial charge in [-0.3, -0.25) is 4.68 Å². The third kappa shape index (κ3) is 3.35. The fourth-order valence-corrected chi connectivity index (χ4v) is 1.95. The third-order valence-electron chi connectivity index (χ3n) is 2.85. The summed E-state index contributed by atoms with van der Waals surface area (Å²) in [6, 6.07) is 2.81. The van der Waals surface area contributed by atoms with Crippen LogP contribution >= 0.6 is 0 Å². The number of aryl methyl sites for hydroxylation is 1. The molecule has 0 spiro atoms. The summed E-state index contributed by atoms with van der Waals surface area (Å²) in [5.74, 6) is -0.528. The molecule has 0 fully saturated rings. The number of nitrogens with zero attached hydrogens (tertiary/aromatic N) is 3. The molecule has 4 nitrogen and oxygen atoms in total. The first-order valence-electron chi connectivity index (χ1n) is 6.18. The Morgan fingerprint density at radius 1 is 1.26 bits per heavy atom. The molecular formula is C13H16F2N4. The summed E-state index contributed by atoms with van der Waals surface area (Å²) >= 11 is 0. The molecule has 0 bridgehead atoms. The number of rotatable bonds is 5. The molecule has 2 N–H and O–H groups in total. The van der Waals surface area contributed by atoms with Gasteiger partial charge in [0.25, 0.3) is 0 Å². The van der Waals surface area contributed by atoms with Crippen molar-refractivity contribution in [3.8, 4) is 0 Å². The van der Waals surface area contributed by atoms with Crippen molar-refractivity contribution < 1.29 is 8.78 Å². The minimum atomic E-state index is -0.625. The first-order valence-corrected chi connectivity index (χ1v) is 6.18. The number of aromatic nitrogens is 3. The van der Waals surface area contributed by atoms with Gasteiger partial charge in [-0.2, -0.15) is 5.10 Å². The molecular weight excluding hydrogens is 250 g/mol. The summed E-state index contributed by atoms with van der Waals surface area (Å²) in [6.45, 7) is 2.78. The second-order valence-electron chi connectivity index (χ2n) is 4.41. The van der Waals surface area contributed by atoms with Crippen LogP contribution in [0.2, 0.25) is 0 Å². The van der Waals surface area contributed by atoms with E-state index in [4.69, 9.17) is 5.73 Å². The van der Waals surface area contributed by atoms with Gasteiger partial charge >= 0.3 is 0 Å². The molecule has 1 aromatic carbocycles. The minimum absolute atomic E-state index is 0.392. The van der Waals surface area contributed by atoms with Crippen molar-refractivity contribution in [2.24, 2.45) is 5.73 Å². The second kappa shape index (κ2) is 5.88. The first kappa shape index (κ1) is 13.6. The molecule has 6 heteroatoms. The number of hydrogen-bond acceptors (Lipinski definition) is 3. The lowest BCUT2D eigenvalue weighted by atomic mass is 10.0. The van der Waals surface area contributed by atoms with Crippen LogP contribution in [0.5, 0.6) is 0 Å². The Labute approximate surface area is 110 Å². The van der Waals surface area contributed by atoms with E-state index in [0.717, 1.165) is 24.9 Å². The Kier molecular flexibility index (Phi) is 4.21. The minimum Gasteiger partial charge on any atom is -0.324 e. The smallest absolute Gasteiger partial charge is 0.138 e. The van der Waals surface area contributed by atoms with Crippen molar-refractivity contribution >= 4 is 0 Å². The number of nitrogens with two attached hydrogens (primary N) is 1. The highest BCUT2D eigenvalue weighted by Crippen LogP contribution is 2.17. The maximum absolute atomic E-state index is 13.1. The quantitative estimate of drug-likeness (QED) is 0.902. The van der Waals surface area contributed by atoms with Crippen LogP contribution in [0.3, 0.4) is 0 Å². The first-order chi connectivity index (χ1) is 9.10. The van der Waals surface area contributed by atoms with E-state index in [9.17, 15) is 8.78 Å². The van der Waals surface area contributed by atoms with Crippen LogP contribution in [0.25, 0.3) is 0 Å². The lowest BCUT2D eigenvalue weighted by Gasteiger charge is -2.12. The number of hydrogen-bond donors (Lipinski definition) is 1. The molecule has 0 aliphatic carbocycles. The summed E-state index contributed by atoms with van der Waals surface area (Å²) in [4.78, 5) is 4.13. The molecule has 0 aliphatic heterocycles. The topological polar surface area (TPSA) is 56.7 Å². The van der Waals surface area contributed by atoms with E-state index < -0.39 is 17.7 Å². The predicted molar refractivity (Wildman–Crippen MR) is 67.3 cm³/mol. The summed E-state index contributed by atoms with van der Waals surface area (Å²) in [5, 5.41) is 4.09. The molecule has 2 rings (SSSR count). The molecule has 19 heavy (non-hydrogen) atoms. The fourth-order valence-electron chi connectivity index (χ4n) is 1.95.